The minimum absolute atomic E-state index is 0.0335. The van der Waals surface area contributed by atoms with E-state index in [0.29, 0.717) is 4.77 Å². The van der Waals surface area contributed by atoms with E-state index in [1.807, 2.05) is 0 Å². The van der Waals surface area contributed by atoms with E-state index in [9.17, 15) is 0 Å². The first-order valence-electron chi connectivity index (χ1n) is 8.57. The normalized spacial score (nSPS) is 21.3. The molecular formula is C17H21N5O2S. The van der Waals surface area contributed by atoms with Gasteiger partial charge in [0.15, 0.2) is 5.82 Å². The van der Waals surface area contributed by atoms with Gasteiger partial charge in [-0.2, -0.15) is 14.9 Å². The maximum atomic E-state index is 5.69. The zero-order chi connectivity index (χ0) is 17.1. The zero-order valence-electron chi connectivity index (χ0n) is 13.9. The largest absolute Gasteiger partial charge is 0.378 e. The van der Waals surface area contributed by atoms with Crippen molar-refractivity contribution in [3.63, 3.8) is 0 Å². The molecule has 1 aromatic heterocycles. The first kappa shape index (κ1) is 16.4. The lowest BCUT2D eigenvalue weighted by Crippen LogP contribution is -2.36. The summed E-state index contributed by atoms with van der Waals surface area (Å²) in [6.07, 6.45) is 3.75. The fraction of sp³-hybridized carbons (Fsp3) is 0.471. The smallest absolute Gasteiger partial charge is 0.216 e. The van der Waals surface area contributed by atoms with Crippen LogP contribution >= 0.6 is 12.2 Å². The Labute approximate surface area is 151 Å². The number of hydrogen-bond acceptors (Lipinski definition) is 6. The summed E-state index contributed by atoms with van der Waals surface area (Å²) in [5.41, 5.74) is 2.22. The van der Waals surface area contributed by atoms with E-state index in [2.05, 4.69) is 44.5 Å². The highest BCUT2D eigenvalue weighted by Crippen LogP contribution is 2.27. The number of aromatic nitrogens is 3. The van der Waals surface area contributed by atoms with Crippen LogP contribution in [0.2, 0.25) is 0 Å². The van der Waals surface area contributed by atoms with Gasteiger partial charge in [-0.15, -0.1) is 0 Å². The van der Waals surface area contributed by atoms with Gasteiger partial charge >= 0.3 is 0 Å². The molecule has 1 N–H and O–H groups in total. The molecule has 2 fully saturated rings. The number of aromatic amines is 1. The lowest BCUT2D eigenvalue weighted by molar-refractivity contribution is 0.102. The summed E-state index contributed by atoms with van der Waals surface area (Å²) in [4.78, 5) is 2.33. The summed E-state index contributed by atoms with van der Waals surface area (Å²) >= 11 is 5.29. The molecule has 7 nitrogen and oxygen atoms in total. The van der Waals surface area contributed by atoms with Crippen molar-refractivity contribution in [1.82, 2.24) is 14.9 Å². The highest BCUT2D eigenvalue weighted by atomic mass is 32.1. The quantitative estimate of drug-likeness (QED) is 0.671. The summed E-state index contributed by atoms with van der Waals surface area (Å²) in [7, 11) is 0. The maximum Gasteiger partial charge on any atom is 0.216 e. The fourth-order valence-electron chi connectivity index (χ4n) is 3.12. The molecule has 2 saturated heterocycles. The molecular weight excluding hydrogens is 338 g/mol. The monoisotopic (exact) mass is 359 g/mol. The average Bonchev–Trinajstić information content (AvgIpc) is 3.31. The van der Waals surface area contributed by atoms with Crippen LogP contribution in [-0.4, -0.2) is 54.0 Å². The fourth-order valence-corrected chi connectivity index (χ4v) is 3.31. The molecule has 0 unspecified atom stereocenters. The van der Waals surface area contributed by atoms with Crippen molar-refractivity contribution in [2.24, 2.45) is 5.10 Å². The number of nitrogens with one attached hydrogen (secondary N) is 1. The van der Waals surface area contributed by atoms with Gasteiger partial charge in [0.2, 0.25) is 4.77 Å². The number of nitrogens with zero attached hydrogens (tertiary/aromatic N) is 4. The third kappa shape index (κ3) is 3.65. The van der Waals surface area contributed by atoms with Crippen LogP contribution in [0.25, 0.3) is 0 Å². The maximum absolute atomic E-state index is 5.69. The average molecular weight is 359 g/mol. The number of benzene rings is 1. The van der Waals surface area contributed by atoms with Crippen molar-refractivity contribution in [2.75, 3.05) is 37.8 Å². The van der Waals surface area contributed by atoms with Crippen LogP contribution in [0.15, 0.2) is 29.4 Å². The number of H-pyrrole nitrogens is 1. The van der Waals surface area contributed by atoms with Crippen LogP contribution in [0.1, 0.15) is 30.3 Å². The van der Waals surface area contributed by atoms with Crippen LogP contribution in [0, 0.1) is 4.77 Å². The number of morpholine rings is 1. The highest BCUT2D eigenvalue weighted by molar-refractivity contribution is 7.71. The van der Waals surface area contributed by atoms with Crippen LogP contribution in [0.5, 0.6) is 0 Å². The van der Waals surface area contributed by atoms with Crippen molar-refractivity contribution in [2.45, 2.75) is 18.9 Å². The Balaban J connectivity index is 1.50. The molecule has 132 valence electrons. The number of anilines is 1. The molecule has 8 heteroatoms. The van der Waals surface area contributed by atoms with Crippen LogP contribution in [0.3, 0.4) is 0 Å². The van der Waals surface area contributed by atoms with Gasteiger partial charge < -0.3 is 14.4 Å². The topological polar surface area (TPSA) is 67.7 Å². The van der Waals surface area contributed by atoms with Crippen molar-refractivity contribution < 1.29 is 9.47 Å². The number of hydrogen-bond donors (Lipinski definition) is 1. The summed E-state index contributed by atoms with van der Waals surface area (Å²) in [6, 6.07) is 8.35. The van der Waals surface area contributed by atoms with Gasteiger partial charge in [0.1, 0.15) is 6.10 Å². The summed E-state index contributed by atoms with van der Waals surface area (Å²) in [5.74, 6) is 0.740. The Kier molecular flexibility index (Phi) is 4.91. The van der Waals surface area contributed by atoms with E-state index in [0.717, 1.165) is 57.1 Å². The summed E-state index contributed by atoms with van der Waals surface area (Å²) in [6.45, 7) is 4.20. The molecule has 2 aliphatic rings. The predicted molar refractivity (Wildman–Crippen MR) is 97.8 cm³/mol. The Bertz CT molecular complexity index is 786. The Hall–Kier alpha value is -2.03. The van der Waals surface area contributed by atoms with Gasteiger partial charge in [-0.3, -0.25) is 5.10 Å². The van der Waals surface area contributed by atoms with Crippen LogP contribution in [0.4, 0.5) is 5.69 Å². The lowest BCUT2D eigenvalue weighted by atomic mass is 10.2. The molecule has 0 bridgehead atoms. The first-order chi connectivity index (χ1) is 12.3. The number of rotatable bonds is 4. The van der Waals surface area contributed by atoms with E-state index in [-0.39, 0.29) is 6.10 Å². The minimum atomic E-state index is -0.0335. The van der Waals surface area contributed by atoms with Crippen molar-refractivity contribution in [3.05, 3.63) is 40.4 Å². The standard InChI is InChI=1S/C17H21N5O2S/c25-17-20-19-16(15-2-1-9-24-15)22(17)18-12-13-3-5-14(6-4-13)21-7-10-23-11-8-21/h3-6,12,15H,1-2,7-11H2,(H,20,25)/b18-12-/t15-/m0/s1. The van der Waals surface area contributed by atoms with Crippen molar-refractivity contribution >= 4 is 24.1 Å². The molecule has 25 heavy (non-hydrogen) atoms. The van der Waals surface area contributed by atoms with E-state index in [4.69, 9.17) is 21.7 Å². The molecule has 0 aliphatic carbocycles. The second kappa shape index (κ2) is 7.47. The SMILES string of the molecule is S=c1[nH]nc([C@@H]2CCCO2)n1/N=C\c1ccc(N2CCOCC2)cc1. The van der Waals surface area contributed by atoms with Gasteiger partial charge in [-0.25, -0.2) is 0 Å². The molecule has 2 aromatic rings. The van der Waals surface area contributed by atoms with E-state index in [1.165, 1.54) is 5.69 Å². The molecule has 4 rings (SSSR count). The third-order valence-electron chi connectivity index (χ3n) is 4.48. The van der Waals surface area contributed by atoms with Crippen molar-refractivity contribution in [3.8, 4) is 0 Å². The molecule has 0 saturated carbocycles. The van der Waals surface area contributed by atoms with Gasteiger partial charge in [0, 0.05) is 25.4 Å². The van der Waals surface area contributed by atoms with E-state index < -0.39 is 0 Å². The molecule has 1 aromatic carbocycles. The molecule has 0 radical (unpaired) electrons. The summed E-state index contributed by atoms with van der Waals surface area (Å²) < 4.78 is 13.2. The minimum Gasteiger partial charge on any atom is -0.378 e. The predicted octanol–water partition coefficient (Wildman–Crippen LogP) is 2.51. The third-order valence-corrected chi connectivity index (χ3v) is 4.75. The second-order valence-corrected chi connectivity index (χ2v) is 6.52. The van der Waals surface area contributed by atoms with Gasteiger partial charge in [0.25, 0.3) is 0 Å². The van der Waals surface area contributed by atoms with E-state index in [1.54, 1.807) is 10.9 Å². The lowest BCUT2D eigenvalue weighted by Gasteiger charge is -2.28. The van der Waals surface area contributed by atoms with Crippen molar-refractivity contribution in [1.29, 1.82) is 0 Å². The van der Waals surface area contributed by atoms with Gasteiger partial charge in [-0.1, -0.05) is 12.1 Å². The molecule has 0 amide bonds. The van der Waals surface area contributed by atoms with Gasteiger partial charge in [-0.05, 0) is 42.8 Å². The molecule has 3 heterocycles. The Morgan fingerprint density at radius 1 is 1.20 bits per heavy atom. The first-order valence-corrected chi connectivity index (χ1v) is 8.98. The Morgan fingerprint density at radius 2 is 2.00 bits per heavy atom. The van der Waals surface area contributed by atoms with Crippen LogP contribution in [-0.2, 0) is 9.47 Å². The number of ether oxygens (including phenoxy) is 2. The molecule has 1 atom stereocenters. The summed E-state index contributed by atoms with van der Waals surface area (Å²) in [5, 5.41) is 11.6. The molecule has 2 aliphatic heterocycles. The zero-order valence-corrected chi connectivity index (χ0v) is 14.7. The highest BCUT2D eigenvalue weighted by Gasteiger charge is 2.23. The van der Waals surface area contributed by atoms with E-state index >= 15 is 0 Å². The molecule has 0 spiro atoms. The van der Waals surface area contributed by atoms with Gasteiger partial charge in [0.05, 0.1) is 19.4 Å². The Morgan fingerprint density at radius 3 is 2.72 bits per heavy atom. The second-order valence-electron chi connectivity index (χ2n) is 6.14. The van der Waals surface area contributed by atoms with Crippen LogP contribution < -0.4 is 4.90 Å².